The summed E-state index contributed by atoms with van der Waals surface area (Å²) in [6, 6.07) is 2.70. The molecule has 30 heavy (non-hydrogen) atoms. The molecule has 0 fully saturated rings. The number of carboxylic acid groups (broad SMARTS) is 1. The third kappa shape index (κ3) is 5.88. The summed E-state index contributed by atoms with van der Waals surface area (Å²) >= 11 is 17.3. The lowest BCUT2D eigenvalue weighted by atomic mass is 9.99. The number of carboxylic acids is 1. The molecule has 12 heteroatoms. The van der Waals surface area contributed by atoms with Gasteiger partial charge in [0, 0.05) is 15.6 Å². The lowest BCUT2D eigenvalue weighted by molar-refractivity contribution is -0.187. The van der Waals surface area contributed by atoms with Gasteiger partial charge in [-0.2, -0.15) is 13.2 Å². The number of aliphatic carboxylic acids is 1. The minimum absolute atomic E-state index is 0.0864. The molecule has 0 saturated carbocycles. The fourth-order valence-corrected chi connectivity index (χ4v) is 4.27. The SMILES string of the molecule is O=C(O)C1=Cc2cc(Cl)cc(Br)c2OC1C(F)(F)F.O=CC1C=CC(Cl)=CC1(O)Br. The number of fused-ring (bicyclic) bond motifs is 1. The monoisotopic (exact) mass is 592 g/mol. The predicted molar refractivity (Wildman–Crippen MR) is 112 cm³/mol. The Balaban J connectivity index is 0.000000248. The molecular formula is C18H11Br2Cl2F3O5. The van der Waals surface area contributed by atoms with Crippen molar-refractivity contribution in [3.05, 3.63) is 56.0 Å². The van der Waals surface area contributed by atoms with Crippen molar-refractivity contribution >= 4 is 73.4 Å². The van der Waals surface area contributed by atoms with E-state index in [1.165, 1.54) is 18.2 Å². The first kappa shape index (κ1) is 24.9. The molecule has 0 radical (unpaired) electrons. The van der Waals surface area contributed by atoms with Gasteiger partial charge in [0.05, 0.1) is 16.0 Å². The number of carbonyl (C=O) groups is 2. The summed E-state index contributed by atoms with van der Waals surface area (Å²) in [5, 5.41) is 19.0. The maximum Gasteiger partial charge on any atom is 0.430 e. The normalized spacial score (nSPS) is 25.1. The second kappa shape index (κ2) is 9.44. The first-order valence-electron chi connectivity index (χ1n) is 7.86. The molecule has 3 atom stereocenters. The number of carbonyl (C=O) groups excluding carboxylic acids is 1. The van der Waals surface area contributed by atoms with Crippen molar-refractivity contribution < 1.29 is 37.7 Å². The van der Waals surface area contributed by atoms with Gasteiger partial charge in [-0.3, -0.25) is 0 Å². The molecule has 1 aromatic rings. The van der Waals surface area contributed by atoms with Crippen molar-refractivity contribution in [3.8, 4) is 5.75 Å². The molecule has 162 valence electrons. The Morgan fingerprint density at radius 3 is 2.43 bits per heavy atom. The topological polar surface area (TPSA) is 83.8 Å². The van der Waals surface area contributed by atoms with Gasteiger partial charge >= 0.3 is 12.1 Å². The van der Waals surface area contributed by atoms with Crippen LogP contribution in [0.1, 0.15) is 5.56 Å². The highest BCUT2D eigenvalue weighted by Crippen LogP contribution is 2.42. The molecule has 1 heterocycles. The van der Waals surface area contributed by atoms with Crippen LogP contribution in [0.4, 0.5) is 13.2 Å². The van der Waals surface area contributed by atoms with Crippen LogP contribution in [0.25, 0.3) is 6.08 Å². The van der Waals surface area contributed by atoms with Crippen LogP contribution in [0, 0.1) is 5.92 Å². The third-order valence-corrected chi connectivity index (χ3v) is 5.63. The molecule has 0 amide bonds. The molecule has 0 spiro atoms. The Kier molecular flexibility index (Phi) is 7.84. The lowest BCUT2D eigenvalue weighted by Gasteiger charge is -2.27. The predicted octanol–water partition coefficient (Wildman–Crippen LogP) is 5.47. The molecule has 0 saturated heterocycles. The van der Waals surface area contributed by atoms with E-state index < -0.39 is 34.3 Å². The van der Waals surface area contributed by atoms with Gasteiger partial charge in [-0.25, -0.2) is 4.79 Å². The van der Waals surface area contributed by atoms with Crippen LogP contribution in [0.2, 0.25) is 5.02 Å². The summed E-state index contributed by atoms with van der Waals surface area (Å²) in [6.45, 7) is 0. The minimum Gasteiger partial charge on any atom is -0.478 e. The van der Waals surface area contributed by atoms with Gasteiger partial charge in [-0.1, -0.05) is 29.3 Å². The smallest absolute Gasteiger partial charge is 0.430 e. The molecule has 0 aromatic heterocycles. The Hall–Kier alpha value is -1.33. The standard InChI is InChI=1S/C11H5BrClF3O3.C7H6BrClO2/c12-7-3-5(13)1-4-2-6(10(17)18)9(11(14,15)16)19-8(4)7;8-7(11)3-6(9)2-1-5(7)4-10/h1-3,9H,(H,17,18);1-5,11H. The van der Waals surface area contributed by atoms with E-state index in [0.717, 1.165) is 6.08 Å². The second-order valence-electron chi connectivity index (χ2n) is 6.03. The number of aldehydes is 1. The zero-order valence-corrected chi connectivity index (χ0v) is 19.1. The van der Waals surface area contributed by atoms with Crippen LogP contribution in [0.5, 0.6) is 5.75 Å². The fourth-order valence-electron chi connectivity index (χ4n) is 2.46. The van der Waals surface area contributed by atoms with Crippen molar-refractivity contribution in [1.82, 2.24) is 0 Å². The third-order valence-electron chi connectivity index (χ3n) is 3.83. The molecular weight excluding hydrogens is 584 g/mol. The Labute approximate surface area is 195 Å². The zero-order chi connectivity index (χ0) is 22.9. The molecule has 1 aliphatic heterocycles. The number of allylic oxidation sites excluding steroid dienone is 2. The van der Waals surface area contributed by atoms with Crippen molar-refractivity contribution in [1.29, 1.82) is 0 Å². The van der Waals surface area contributed by atoms with Crippen molar-refractivity contribution in [2.45, 2.75) is 16.8 Å². The van der Waals surface area contributed by atoms with E-state index in [2.05, 4.69) is 31.9 Å². The first-order valence-corrected chi connectivity index (χ1v) is 10.2. The second-order valence-corrected chi connectivity index (χ2v) is 9.03. The zero-order valence-electron chi connectivity index (χ0n) is 14.5. The molecule has 2 aliphatic rings. The maximum absolute atomic E-state index is 12.8. The summed E-state index contributed by atoms with van der Waals surface area (Å²) in [5.74, 6) is -2.34. The Bertz CT molecular complexity index is 958. The highest BCUT2D eigenvalue weighted by molar-refractivity contribution is 9.10. The van der Waals surface area contributed by atoms with Crippen molar-refractivity contribution in [2.24, 2.45) is 5.92 Å². The van der Waals surface area contributed by atoms with E-state index in [0.29, 0.717) is 11.3 Å². The maximum atomic E-state index is 12.8. The lowest BCUT2D eigenvalue weighted by Crippen LogP contribution is -2.40. The number of hydrogen-bond acceptors (Lipinski definition) is 4. The summed E-state index contributed by atoms with van der Waals surface area (Å²) in [7, 11) is 0. The van der Waals surface area contributed by atoms with Crippen LogP contribution in [-0.2, 0) is 9.59 Å². The van der Waals surface area contributed by atoms with Crippen LogP contribution in [-0.4, -0.2) is 39.3 Å². The summed E-state index contributed by atoms with van der Waals surface area (Å²) < 4.78 is 42.0. The van der Waals surface area contributed by atoms with Crippen LogP contribution in [0.15, 0.2) is 45.4 Å². The molecule has 3 rings (SSSR count). The molecule has 5 nitrogen and oxygen atoms in total. The summed E-state index contributed by atoms with van der Waals surface area (Å²) in [6.07, 6.45) is -1.24. The van der Waals surface area contributed by atoms with E-state index in [1.54, 1.807) is 12.2 Å². The van der Waals surface area contributed by atoms with E-state index in [1.807, 2.05) is 0 Å². The van der Waals surface area contributed by atoms with Crippen LogP contribution in [0.3, 0.4) is 0 Å². The van der Waals surface area contributed by atoms with E-state index in [-0.39, 0.29) is 20.8 Å². The van der Waals surface area contributed by atoms with E-state index in [9.17, 15) is 27.9 Å². The quantitative estimate of drug-likeness (QED) is 0.350. The van der Waals surface area contributed by atoms with Crippen molar-refractivity contribution in [3.63, 3.8) is 0 Å². The van der Waals surface area contributed by atoms with Crippen LogP contribution < -0.4 is 4.74 Å². The number of rotatable bonds is 2. The highest BCUT2D eigenvalue weighted by atomic mass is 79.9. The van der Waals surface area contributed by atoms with Crippen LogP contribution >= 0.6 is 55.1 Å². The molecule has 1 aromatic carbocycles. The van der Waals surface area contributed by atoms with Gasteiger partial charge in [0.1, 0.15) is 12.0 Å². The van der Waals surface area contributed by atoms with Gasteiger partial charge in [-0.15, -0.1) is 0 Å². The van der Waals surface area contributed by atoms with Gasteiger partial charge in [0.2, 0.25) is 6.10 Å². The van der Waals surface area contributed by atoms with Gasteiger partial charge in [0.15, 0.2) is 4.51 Å². The summed E-state index contributed by atoms with van der Waals surface area (Å²) in [4.78, 5) is 21.3. The minimum atomic E-state index is -4.82. The number of alkyl halides is 4. The van der Waals surface area contributed by atoms with E-state index in [4.69, 9.17) is 33.0 Å². The Morgan fingerprint density at radius 1 is 1.30 bits per heavy atom. The van der Waals surface area contributed by atoms with Gasteiger partial charge < -0.3 is 19.7 Å². The number of aliphatic hydroxyl groups is 1. The molecule has 1 aliphatic carbocycles. The summed E-state index contributed by atoms with van der Waals surface area (Å²) in [5.41, 5.74) is -0.702. The average Bonchev–Trinajstić information content (AvgIpc) is 2.59. The highest BCUT2D eigenvalue weighted by Gasteiger charge is 2.48. The Morgan fingerprint density at radius 2 is 1.93 bits per heavy atom. The molecule has 2 N–H and O–H groups in total. The van der Waals surface area contributed by atoms with Gasteiger partial charge in [0.25, 0.3) is 0 Å². The van der Waals surface area contributed by atoms with Gasteiger partial charge in [-0.05, 0) is 62.2 Å². The first-order chi connectivity index (χ1) is 13.8. The number of benzene rings is 1. The number of hydrogen-bond donors (Lipinski definition) is 2. The van der Waals surface area contributed by atoms with Crippen molar-refractivity contribution in [2.75, 3.05) is 0 Å². The molecule has 3 unspecified atom stereocenters. The van der Waals surface area contributed by atoms with E-state index >= 15 is 0 Å². The molecule has 0 bridgehead atoms. The fraction of sp³-hybridized carbons (Fsp3) is 0.222. The largest absolute Gasteiger partial charge is 0.478 e. The number of ether oxygens (including phenoxy) is 1. The average molecular weight is 595 g/mol. The number of halogens is 7.